The Morgan fingerprint density at radius 2 is 2.00 bits per heavy atom. The zero-order chi connectivity index (χ0) is 13.7. The Kier molecular flexibility index (Phi) is 6.07. The van der Waals surface area contributed by atoms with Crippen molar-refractivity contribution in [3.8, 4) is 0 Å². The van der Waals surface area contributed by atoms with E-state index in [9.17, 15) is 0 Å². The molecule has 0 spiro atoms. The highest BCUT2D eigenvalue weighted by molar-refractivity contribution is 4.87. The van der Waals surface area contributed by atoms with Crippen LogP contribution < -0.4 is 5.32 Å². The third-order valence-electron chi connectivity index (χ3n) is 4.69. The molecule has 4 heteroatoms. The van der Waals surface area contributed by atoms with Crippen molar-refractivity contribution in [2.45, 2.75) is 51.8 Å². The molecule has 0 aromatic carbocycles. The van der Waals surface area contributed by atoms with Crippen molar-refractivity contribution >= 4 is 0 Å². The predicted molar refractivity (Wildman–Crippen MR) is 79.6 cm³/mol. The number of hydrogen-bond donors (Lipinski definition) is 1. The van der Waals surface area contributed by atoms with Crippen LogP contribution in [0.5, 0.6) is 0 Å². The van der Waals surface area contributed by atoms with Crippen LogP contribution in [0.1, 0.15) is 33.6 Å². The van der Waals surface area contributed by atoms with Gasteiger partial charge in [-0.2, -0.15) is 0 Å². The van der Waals surface area contributed by atoms with Crippen molar-refractivity contribution < 1.29 is 4.74 Å². The van der Waals surface area contributed by atoms with E-state index < -0.39 is 0 Å². The van der Waals surface area contributed by atoms with Crippen molar-refractivity contribution in [2.75, 3.05) is 45.9 Å². The molecule has 2 aliphatic heterocycles. The van der Waals surface area contributed by atoms with Gasteiger partial charge in [0.15, 0.2) is 0 Å². The first-order valence-electron chi connectivity index (χ1n) is 8.08. The maximum absolute atomic E-state index is 5.97. The maximum Gasteiger partial charge on any atom is 0.0829 e. The van der Waals surface area contributed by atoms with E-state index in [0.717, 1.165) is 39.3 Å². The molecule has 2 heterocycles. The van der Waals surface area contributed by atoms with Crippen molar-refractivity contribution in [2.24, 2.45) is 0 Å². The molecule has 0 aromatic rings. The van der Waals surface area contributed by atoms with Crippen LogP contribution in [0.25, 0.3) is 0 Å². The standard InChI is InChI=1S/C15H31N3O/c1-4-13-10-18(14(5-2)9-16-13)12-15-11-17(6-3)7-8-19-15/h13-16H,4-12H2,1-3H3. The van der Waals surface area contributed by atoms with Crippen LogP contribution in [-0.2, 0) is 4.74 Å². The van der Waals surface area contributed by atoms with Crippen molar-refractivity contribution in [1.29, 1.82) is 0 Å². The van der Waals surface area contributed by atoms with E-state index >= 15 is 0 Å². The predicted octanol–water partition coefficient (Wildman–Crippen LogP) is 1.17. The summed E-state index contributed by atoms with van der Waals surface area (Å²) in [5.41, 5.74) is 0. The van der Waals surface area contributed by atoms with E-state index in [4.69, 9.17) is 4.74 Å². The van der Waals surface area contributed by atoms with Gasteiger partial charge < -0.3 is 10.1 Å². The molecule has 0 bridgehead atoms. The number of hydrogen-bond acceptors (Lipinski definition) is 4. The number of morpholine rings is 1. The number of nitrogens with one attached hydrogen (secondary N) is 1. The molecule has 0 amide bonds. The zero-order valence-electron chi connectivity index (χ0n) is 12.9. The monoisotopic (exact) mass is 269 g/mol. The molecule has 0 aliphatic carbocycles. The molecule has 2 fully saturated rings. The van der Waals surface area contributed by atoms with Crippen LogP contribution in [-0.4, -0.2) is 73.9 Å². The summed E-state index contributed by atoms with van der Waals surface area (Å²) in [6.07, 6.45) is 2.85. The Balaban J connectivity index is 1.87. The molecule has 2 aliphatic rings. The number of ether oxygens (including phenoxy) is 1. The van der Waals surface area contributed by atoms with E-state index in [1.807, 2.05) is 0 Å². The van der Waals surface area contributed by atoms with Crippen LogP contribution in [0.3, 0.4) is 0 Å². The fourth-order valence-electron chi connectivity index (χ4n) is 3.27. The highest BCUT2D eigenvalue weighted by Gasteiger charge is 2.29. The molecule has 2 saturated heterocycles. The topological polar surface area (TPSA) is 27.7 Å². The third-order valence-corrected chi connectivity index (χ3v) is 4.69. The second kappa shape index (κ2) is 7.58. The van der Waals surface area contributed by atoms with E-state index in [-0.39, 0.29) is 0 Å². The summed E-state index contributed by atoms with van der Waals surface area (Å²) in [6, 6.07) is 1.34. The second-order valence-corrected chi connectivity index (χ2v) is 5.92. The molecular weight excluding hydrogens is 238 g/mol. The summed E-state index contributed by atoms with van der Waals surface area (Å²) in [4.78, 5) is 5.17. The Morgan fingerprint density at radius 1 is 1.16 bits per heavy atom. The molecule has 2 rings (SSSR count). The van der Waals surface area contributed by atoms with E-state index in [0.29, 0.717) is 18.2 Å². The van der Waals surface area contributed by atoms with Gasteiger partial charge in [-0.15, -0.1) is 0 Å². The highest BCUT2D eigenvalue weighted by Crippen LogP contribution is 2.15. The summed E-state index contributed by atoms with van der Waals surface area (Å²) in [6.45, 7) is 14.5. The van der Waals surface area contributed by atoms with E-state index in [2.05, 4.69) is 35.9 Å². The van der Waals surface area contributed by atoms with Gasteiger partial charge in [-0.1, -0.05) is 20.8 Å². The minimum atomic E-state index is 0.401. The van der Waals surface area contributed by atoms with Crippen molar-refractivity contribution in [3.05, 3.63) is 0 Å². The zero-order valence-corrected chi connectivity index (χ0v) is 12.9. The summed E-state index contributed by atoms with van der Waals surface area (Å²) < 4.78 is 5.97. The molecular formula is C15H31N3O. The highest BCUT2D eigenvalue weighted by atomic mass is 16.5. The van der Waals surface area contributed by atoms with Crippen LogP contribution in [0.15, 0.2) is 0 Å². The van der Waals surface area contributed by atoms with Gasteiger partial charge in [-0.05, 0) is 19.4 Å². The molecule has 4 nitrogen and oxygen atoms in total. The Hall–Kier alpha value is -0.160. The molecule has 0 saturated carbocycles. The first kappa shape index (κ1) is 15.2. The van der Waals surface area contributed by atoms with E-state index in [1.54, 1.807) is 0 Å². The lowest BCUT2D eigenvalue weighted by molar-refractivity contribution is -0.0522. The number of nitrogens with zero attached hydrogens (tertiary/aromatic N) is 2. The summed E-state index contributed by atoms with van der Waals surface area (Å²) in [7, 11) is 0. The quantitative estimate of drug-likeness (QED) is 0.811. The van der Waals surface area contributed by atoms with Gasteiger partial charge in [0.1, 0.15) is 0 Å². The number of likely N-dealkylation sites (N-methyl/N-ethyl adjacent to an activating group) is 1. The van der Waals surface area contributed by atoms with Gasteiger partial charge in [-0.3, -0.25) is 9.80 Å². The van der Waals surface area contributed by atoms with Crippen molar-refractivity contribution in [1.82, 2.24) is 15.1 Å². The van der Waals surface area contributed by atoms with Crippen molar-refractivity contribution in [3.63, 3.8) is 0 Å². The Labute approximate surface area is 118 Å². The smallest absolute Gasteiger partial charge is 0.0829 e. The summed E-state index contributed by atoms with van der Waals surface area (Å²) >= 11 is 0. The lowest BCUT2D eigenvalue weighted by Gasteiger charge is -2.43. The van der Waals surface area contributed by atoms with Crippen LogP contribution >= 0.6 is 0 Å². The van der Waals surface area contributed by atoms with Gasteiger partial charge in [0, 0.05) is 44.8 Å². The molecule has 3 atom stereocenters. The lowest BCUT2D eigenvalue weighted by atomic mass is 10.0. The normalized spacial score (nSPS) is 34.6. The average Bonchev–Trinajstić information content (AvgIpc) is 2.47. The minimum Gasteiger partial charge on any atom is -0.374 e. The Morgan fingerprint density at radius 3 is 2.68 bits per heavy atom. The molecule has 3 unspecified atom stereocenters. The molecule has 0 radical (unpaired) electrons. The first-order chi connectivity index (χ1) is 9.26. The summed E-state index contributed by atoms with van der Waals surface area (Å²) in [5, 5.41) is 3.66. The molecule has 0 aromatic heterocycles. The van der Waals surface area contributed by atoms with E-state index in [1.165, 1.54) is 19.4 Å². The largest absolute Gasteiger partial charge is 0.374 e. The fourth-order valence-corrected chi connectivity index (χ4v) is 3.27. The number of piperazine rings is 1. The second-order valence-electron chi connectivity index (χ2n) is 5.92. The van der Waals surface area contributed by atoms with Gasteiger partial charge in [-0.25, -0.2) is 0 Å². The number of rotatable bonds is 5. The average molecular weight is 269 g/mol. The fraction of sp³-hybridized carbons (Fsp3) is 1.00. The SMILES string of the molecule is CCC1CN(CC2CN(CC)CCO2)C(CC)CN1. The van der Waals surface area contributed by atoms with Crippen LogP contribution in [0, 0.1) is 0 Å². The summed E-state index contributed by atoms with van der Waals surface area (Å²) in [5.74, 6) is 0. The van der Waals surface area contributed by atoms with Crippen LogP contribution in [0.4, 0.5) is 0 Å². The molecule has 19 heavy (non-hydrogen) atoms. The third kappa shape index (κ3) is 4.15. The van der Waals surface area contributed by atoms with Gasteiger partial charge in [0.25, 0.3) is 0 Å². The van der Waals surface area contributed by atoms with Crippen LogP contribution in [0.2, 0.25) is 0 Å². The van der Waals surface area contributed by atoms with Gasteiger partial charge >= 0.3 is 0 Å². The first-order valence-corrected chi connectivity index (χ1v) is 8.08. The molecule has 1 N–H and O–H groups in total. The molecule has 112 valence electrons. The lowest BCUT2D eigenvalue weighted by Crippen LogP contribution is -2.59. The Bertz CT molecular complexity index is 262. The van der Waals surface area contributed by atoms with Gasteiger partial charge in [0.05, 0.1) is 12.7 Å². The maximum atomic E-state index is 5.97. The van der Waals surface area contributed by atoms with Gasteiger partial charge in [0.2, 0.25) is 0 Å². The minimum absolute atomic E-state index is 0.401.